The van der Waals surface area contributed by atoms with Gasteiger partial charge in [0.25, 0.3) is 11.7 Å². The highest BCUT2D eigenvalue weighted by Gasteiger charge is 2.44. The molecule has 1 amide bonds. The van der Waals surface area contributed by atoms with Crippen LogP contribution in [-0.4, -0.2) is 53.1 Å². The number of benzene rings is 1. The van der Waals surface area contributed by atoms with E-state index in [1.165, 1.54) is 4.90 Å². The van der Waals surface area contributed by atoms with Crippen molar-refractivity contribution < 1.29 is 19.8 Å². The molecule has 1 unspecified atom stereocenters. The van der Waals surface area contributed by atoms with Crippen LogP contribution in [-0.2, 0) is 9.59 Å². The summed E-state index contributed by atoms with van der Waals surface area (Å²) in [6.45, 7) is 1.80. The van der Waals surface area contributed by atoms with Gasteiger partial charge in [-0.15, -0.1) is 0 Å². The molecule has 1 heterocycles. The van der Waals surface area contributed by atoms with Crippen LogP contribution in [0, 0.1) is 0 Å². The molecule has 1 aliphatic rings. The number of hydrogen-bond donors (Lipinski definition) is 3. The van der Waals surface area contributed by atoms with Crippen LogP contribution < -0.4 is 5.32 Å². The first-order chi connectivity index (χ1) is 11.0. The molecule has 1 aliphatic heterocycles. The van der Waals surface area contributed by atoms with Crippen molar-refractivity contribution in [1.29, 1.82) is 0 Å². The highest BCUT2D eigenvalue weighted by Crippen LogP contribution is 2.37. The van der Waals surface area contributed by atoms with Crippen LogP contribution in [0.25, 0.3) is 0 Å². The number of likely N-dealkylation sites (tertiary alicyclic amines) is 1. The van der Waals surface area contributed by atoms with Gasteiger partial charge in [-0.3, -0.25) is 9.59 Å². The molecule has 7 heteroatoms. The van der Waals surface area contributed by atoms with E-state index in [1.807, 2.05) is 24.3 Å². The van der Waals surface area contributed by atoms with Crippen molar-refractivity contribution in [3.8, 4) is 0 Å². The number of ketones is 1. The van der Waals surface area contributed by atoms with Crippen molar-refractivity contribution in [3.63, 3.8) is 0 Å². The molecule has 1 aromatic carbocycles. The second-order valence-corrected chi connectivity index (χ2v) is 6.11. The first kappa shape index (κ1) is 17.7. The van der Waals surface area contributed by atoms with Crippen LogP contribution >= 0.6 is 15.9 Å². The van der Waals surface area contributed by atoms with Crippen LogP contribution in [0.2, 0.25) is 0 Å². The Morgan fingerprint density at radius 1 is 1.22 bits per heavy atom. The third-order valence-corrected chi connectivity index (χ3v) is 4.25. The Labute approximate surface area is 142 Å². The third-order valence-electron chi connectivity index (χ3n) is 3.72. The number of Topliss-reactive ketones (excluding diaryl/α,β-unsaturated/α-hetero) is 1. The van der Waals surface area contributed by atoms with Crippen LogP contribution in [0.4, 0.5) is 0 Å². The Morgan fingerprint density at radius 3 is 2.43 bits per heavy atom. The maximum atomic E-state index is 12.4. The van der Waals surface area contributed by atoms with E-state index in [1.54, 1.807) is 6.92 Å². The van der Waals surface area contributed by atoms with Crippen molar-refractivity contribution in [3.05, 3.63) is 45.6 Å². The Hall–Kier alpha value is -1.70. The lowest BCUT2D eigenvalue weighted by Crippen LogP contribution is -2.32. The zero-order chi connectivity index (χ0) is 17.0. The maximum Gasteiger partial charge on any atom is 0.295 e. The molecule has 3 N–H and O–H groups in total. The van der Waals surface area contributed by atoms with Crippen LogP contribution in [0.5, 0.6) is 0 Å². The summed E-state index contributed by atoms with van der Waals surface area (Å²) < 4.78 is 0.895. The first-order valence-electron chi connectivity index (χ1n) is 7.28. The minimum absolute atomic E-state index is 0.0734. The van der Waals surface area contributed by atoms with Crippen LogP contribution in [0.1, 0.15) is 18.5 Å². The van der Waals surface area contributed by atoms with Gasteiger partial charge in [-0.25, -0.2) is 0 Å². The average Bonchev–Trinajstić information content (AvgIpc) is 2.79. The number of aliphatic hydroxyl groups is 2. The van der Waals surface area contributed by atoms with Crippen molar-refractivity contribution in [2.24, 2.45) is 0 Å². The number of hydrogen-bond acceptors (Lipinski definition) is 5. The number of carbonyl (C=O) groups excluding carboxylic acids is 2. The van der Waals surface area contributed by atoms with Crippen molar-refractivity contribution in [2.45, 2.75) is 13.0 Å². The Morgan fingerprint density at radius 2 is 1.87 bits per heavy atom. The number of halogens is 1. The van der Waals surface area contributed by atoms with E-state index in [2.05, 4.69) is 21.2 Å². The van der Waals surface area contributed by atoms with Gasteiger partial charge in [0.1, 0.15) is 0 Å². The van der Waals surface area contributed by atoms with Crippen molar-refractivity contribution >= 4 is 27.6 Å². The van der Waals surface area contributed by atoms with Gasteiger partial charge in [-0.2, -0.15) is 0 Å². The van der Waals surface area contributed by atoms with Gasteiger partial charge in [0.15, 0.2) is 0 Å². The molecule has 124 valence electrons. The lowest BCUT2D eigenvalue weighted by atomic mass is 9.97. The molecule has 0 radical (unpaired) electrons. The summed E-state index contributed by atoms with van der Waals surface area (Å²) in [4.78, 5) is 26.1. The molecule has 1 fully saturated rings. The Balaban J connectivity index is 2.50. The highest BCUT2D eigenvalue weighted by atomic mass is 79.9. The number of nitrogens with one attached hydrogen (secondary N) is 1. The Kier molecular flexibility index (Phi) is 5.92. The molecule has 0 aromatic heterocycles. The fourth-order valence-corrected chi connectivity index (χ4v) is 2.95. The van der Waals surface area contributed by atoms with Crippen molar-refractivity contribution in [2.75, 3.05) is 26.3 Å². The summed E-state index contributed by atoms with van der Waals surface area (Å²) in [5, 5.41) is 21.1. The topological polar surface area (TPSA) is 89.9 Å². The third kappa shape index (κ3) is 3.63. The average molecular weight is 383 g/mol. The minimum atomic E-state index is -0.618. The van der Waals surface area contributed by atoms with E-state index < -0.39 is 17.7 Å². The zero-order valence-corrected chi connectivity index (χ0v) is 14.3. The predicted molar refractivity (Wildman–Crippen MR) is 88.5 cm³/mol. The molecular weight excluding hydrogens is 364 g/mol. The normalized spacial score (nSPS) is 20.2. The van der Waals surface area contributed by atoms with E-state index >= 15 is 0 Å². The van der Waals surface area contributed by atoms with E-state index in [9.17, 15) is 14.7 Å². The summed E-state index contributed by atoms with van der Waals surface area (Å²) in [5.74, 6) is -1.19. The molecule has 0 spiro atoms. The summed E-state index contributed by atoms with van der Waals surface area (Å²) in [6, 6.07) is 6.82. The number of nitrogens with zero attached hydrogens (tertiary/aromatic N) is 1. The van der Waals surface area contributed by atoms with Gasteiger partial charge >= 0.3 is 0 Å². The maximum absolute atomic E-state index is 12.4. The molecule has 6 nitrogen and oxygen atoms in total. The summed E-state index contributed by atoms with van der Waals surface area (Å²) in [6.07, 6.45) is 0. The summed E-state index contributed by atoms with van der Waals surface area (Å²) >= 11 is 3.36. The van der Waals surface area contributed by atoms with Gasteiger partial charge < -0.3 is 20.4 Å². The van der Waals surface area contributed by atoms with Gasteiger partial charge in [-0.05, 0) is 24.6 Å². The van der Waals surface area contributed by atoms with Crippen molar-refractivity contribution in [1.82, 2.24) is 10.2 Å². The largest absolute Gasteiger partial charge is 0.395 e. The fraction of sp³-hybridized carbons (Fsp3) is 0.375. The number of aliphatic hydroxyl groups excluding tert-OH is 2. The molecule has 23 heavy (non-hydrogen) atoms. The fourth-order valence-electron chi connectivity index (χ4n) is 2.69. The SMILES string of the molecule is C/C(NCCO)=C1/C(=O)C(=O)N(CCO)C1c1ccc(Br)cc1. The Bertz CT molecular complexity index is 627. The molecular formula is C16H19BrN2O4. The van der Waals surface area contributed by atoms with E-state index in [0.717, 1.165) is 10.0 Å². The lowest BCUT2D eigenvalue weighted by Gasteiger charge is -2.25. The minimum Gasteiger partial charge on any atom is -0.395 e. The second kappa shape index (κ2) is 7.72. The second-order valence-electron chi connectivity index (χ2n) is 5.19. The number of β-amino-alcohol motifs (C(OH)–C–C–N with tert-alkyl or cyclic N) is 1. The smallest absolute Gasteiger partial charge is 0.295 e. The van der Waals surface area contributed by atoms with Gasteiger partial charge in [0.2, 0.25) is 0 Å². The highest BCUT2D eigenvalue weighted by molar-refractivity contribution is 9.10. The van der Waals surface area contributed by atoms with Gasteiger partial charge in [-0.1, -0.05) is 28.1 Å². The molecule has 2 rings (SSSR count). The lowest BCUT2D eigenvalue weighted by molar-refractivity contribution is -0.140. The summed E-state index contributed by atoms with van der Waals surface area (Å²) in [7, 11) is 0. The van der Waals surface area contributed by atoms with E-state index in [0.29, 0.717) is 17.8 Å². The molecule has 0 bridgehead atoms. The monoisotopic (exact) mass is 382 g/mol. The number of carbonyl (C=O) groups is 2. The molecule has 1 saturated heterocycles. The molecule has 1 aromatic rings. The predicted octanol–water partition coefficient (Wildman–Crippen LogP) is 0.750. The zero-order valence-electron chi connectivity index (χ0n) is 12.8. The molecule has 0 aliphatic carbocycles. The number of allylic oxidation sites excluding steroid dienone is 1. The van der Waals surface area contributed by atoms with Crippen LogP contribution in [0.3, 0.4) is 0 Å². The first-order valence-corrected chi connectivity index (χ1v) is 8.07. The van der Waals surface area contributed by atoms with Crippen LogP contribution in [0.15, 0.2) is 40.0 Å². The summed E-state index contributed by atoms with van der Waals surface area (Å²) in [5.41, 5.74) is 1.71. The number of rotatable bonds is 6. The molecule has 1 atom stereocenters. The standard InChI is InChI=1S/C16H19BrN2O4/c1-10(18-6-8-20)13-14(11-2-4-12(17)5-3-11)19(7-9-21)16(23)15(13)22/h2-5,14,18,20-21H,6-9H2,1H3/b13-10-. The van der Waals surface area contributed by atoms with E-state index in [4.69, 9.17) is 5.11 Å². The molecule has 0 saturated carbocycles. The van der Waals surface area contributed by atoms with Gasteiger partial charge in [0, 0.05) is 23.3 Å². The van der Waals surface area contributed by atoms with Gasteiger partial charge in [0.05, 0.1) is 24.8 Å². The quantitative estimate of drug-likeness (QED) is 0.498. The van der Waals surface area contributed by atoms with E-state index in [-0.39, 0.29) is 19.8 Å². The number of amides is 1.